The number of ether oxygens (including phenoxy) is 1. The monoisotopic (exact) mass is 310 g/mol. The Hall–Kier alpha value is -1.09. The first-order valence-corrected chi connectivity index (χ1v) is 7.56. The molecule has 0 spiro atoms. The van der Waals surface area contributed by atoms with Crippen LogP contribution in [0, 0.1) is 0 Å². The van der Waals surface area contributed by atoms with Crippen LogP contribution in [0.1, 0.15) is 24.4 Å². The first kappa shape index (κ1) is 15.8. The smallest absolute Gasteiger partial charge is 0.208 e. The first-order chi connectivity index (χ1) is 10.5. The van der Waals surface area contributed by atoms with E-state index in [2.05, 4.69) is 4.98 Å². The van der Waals surface area contributed by atoms with Gasteiger partial charge in [0.05, 0.1) is 13.2 Å². The van der Waals surface area contributed by atoms with Crippen molar-refractivity contribution in [3.63, 3.8) is 0 Å². The summed E-state index contributed by atoms with van der Waals surface area (Å²) in [5.74, 6) is -1.88. The Kier molecular flexibility index (Phi) is 4.44. The van der Waals surface area contributed by atoms with E-state index >= 15 is 0 Å². The molecular weight excluding hydrogens is 288 g/mol. The summed E-state index contributed by atoms with van der Waals surface area (Å²) in [6.07, 6.45) is 1.70. The van der Waals surface area contributed by atoms with E-state index in [-0.39, 0.29) is 12.6 Å². The van der Waals surface area contributed by atoms with Gasteiger partial charge in [-0.2, -0.15) is 0 Å². The van der Waals surface area contributed by atoms with Crippen LogP contribution in [0.25, 0.3) is 0 Å². The zero-order valence-corrected chi connectivity index (χ0v) is 12.2. The van der Waals surface area contributed by atoms with Crippen molar-refractivity contribution in [1.29, 1.82) is 0 Å². The van der Waals surface area contributed by atoms with Crippen LogP contribution in [0.2, 0.25) is 0 Å². The number of nitrogens with zero attached hydrogens (tertiary/aromatic N) is 2. The van der Waals surface area contributed by atoms with Crippen LogP contribution in [0.15, 0.2) is 24.5 Å². The summed E-state index contributed by atoms with van der Waals surface area (Å²) in [5.41, 5.74) is 1.05. The minimum absolute atomic E-state index is 0.0707. The molecule has 0 aromatic carbocycles. The van der Waals surface area contributed by atoms with Gasteiger partial charge in [0.25, 0.3) is 0 Å². The predicted molar refractivity (Wildman–Crippen MR) is 76.7 cm³/mol. The molecule has 5 atom stereocenters. The second-order valence-corrected chi connectivity index (χ2v) is 6.03. The molecule has 22 heavy (non-hydrogen) atoms. The number of hydrogen-bond donors (Lipinski definition) is 4. The normalized spacial score (nSPS) is 39.5. The maximum atomic E-state index is 10.6. The SMILES string of the molecule is OC[C@H]1O[C@](O)(CN2CCC[C@@H]2c2cccnc2)[C@@H](O)[C@@H]1O. The fourth-order valence-electron chi connectivity index (χ4n) is 3.40. The number of aromatic nitrogens is 1. The molecule has 4 N–H and O–H groups in total. The quantitative estimate of drug-likeness (QED) is 0.566. The second-order valence-electron chi connectivity index (χ2n) is 6.03. The van der Waals surface area contributed by atoms with Gasteiger partial charge in [0.15, 0.2) is 0 Å². The maximum Gasteiger partial charge on any atom is 0.208 e. The van der Waals surface area contributed by atoms with E-state index in [1.54, 1.807) is 12.4 Å². The Bertz CT molecular complexity index is 502. The van der Waals surface area contributed by atoms with E-state index in [1.165, 1.54) is 0 Å². The largest absolute Gasteiger partial charge is 0.394 e. The molecule has 2 fully saturated rings. The summed E-state index contributed by atoms with van der Waals surface area (Å²) in [7, 11) is 0. The first-order valence-electron chi connectivity index (χ1n) is 7.56. The molecule has 2 aliphatic rings. The van der Waals surface area contributed by atoms with Crippen LogP contribution in [0.4, 0.5) is 0 Å². The molecule has 0 bridgehead atoms. The van der Waals surface area contributed by atoms with E-state index in [1.807, 2.05) is 17.0 Å². The highest BCUT2D eigenvalue weighted by Crippen LogP contribution is 2.36. The predicted octanol–water partition coefficient (Wildman–Crippen LogP) is -0.980. The molecule has 2 aliphatic heterocycles. The number of pyridine rings is 1. The zero-order chi connectivity index (χ0) is 15.7. The van der Waals surface area contributed by atoms with Crippen molar-refractivity contribution in [2.24, 2.45) is 0 Å². The molecule has 0 unspecified atom stereocenters. The highest BCUT2D eigenvalue weighted by Gasteiger charge is 2.54. The summed E-state index contributed by atoms with van der Waals surface area (Å²) in [6, 6.07) is 3.95. The average Bonchev–Trinajstić information content (AvgIpc) is 3.07. The van der Waals surface area contributed by atoms with E-state index in [0.717, 1.165) is 24.9 Å². The summed E-state index contributed by atoms with van der Waals surface area (Å²) in [4.78, 5) is 6.14. The van der Waals surface area contributed by atoms with Crippen LogP contribution in [0.3, 0.4) is 0 Å². The molecule has 1 aromatic rings. The molecule has 7 heteroatoms. The van der Waals surface area contributed by atoms with Crippen molar-refractivity contribution in [2.45, 2.75) is 43.0 Å². The van der Waals surface area contributed by atoms with Crippen LogP contribution in [0.5, 0.6) is 0 Å². The van der Waals surface area contributed by atoms with Crippen molar-refractivity contribution in [3.8, 4) is 0 Å². The fourth-order valence-corrected chi connectivity index (χ4v) is 3.40. The molecule has 1 aromatic heterocycles. The lowest BCUT2D eigenvalue weighted by atomic mass is 10.0. The molecule has 3 heterocycles. The third-order valence-electron chi connectivity index (χ3n) is 4.56. The van der Waals surface area contributed by atoms with Crippen molar-refractivity contribution < 1.29 is 25.2 Å². The van der Waals surface area contributed by atoms with Gasteiger partial charge >= 0.3 is 0 Å². The lowest BCUT2D eigenvalue weighted by molar-refractivity contribution is -0.239. The van der Waals surface area contributed by atoms with Gasteiger partial charge < -0.3 is 25.2 Å². The zero-order valence-electron chi connectivity index (χ0n) is 12.2. The van der Waals surface area contributed by atoms with E-state index < -0.39 is 30.7 Å². The summed E-state index contributed by atoms with van der Waals surface area (Å²) >= 11 is 0. The number of likely N-dealkylation sites (tertiary alicyclic amines) is 1. The Balaban J connectivity index is 1.74. The van der Waals surface area contributed by atoms with Gasteiger partial charge in [0, 0.05) is 18.4 Å². The molecule has 2 saturated heterocycles. The van der Waals surface area contributed by atoms with Gasteiger partial charge in [-0.3, -0.25) is 9.88 Å². The molecule has 3 rings (SSSR count). The van der Waals surface area contributed by atoms with Crippen LogP contribution >= 0.6 is 0 Å². The fraction of sp³-hybridized carbons (Fsp3) is 0.667. The molecule has 0 aliphatic carbocycles. The standard InChI is InChI=1S/C15H22N2O5/c18-8-12-13(19)14(20)15(21,22-12)9-17-6-2-4-11(17)10-3-1-5-16-7-10/h1,3,5,7,11-14,18-21H,2,4,6,8-9H2/t11-,12-,13-,14+,15-/m1/s1. The molecule has 0 saturated carbocycles. The Labute approximate surface area is 128 Å². The topological polar surface area (TPSA) is 106 Å². The van der Waals surface area contributed by atoms with Gasteiger partial charge in [-0.25, -0.2) is 0 Å². The number of aliphatic hydroxyl groups excluding tert-OH is 3. The molecule has 0 radical (unpaired) electrons. The molecular formula is C15H22N2O5. The minimum atomic E-state index is -1.88. The van der Waals surface area contributed by atoms with E-state index in [4.69, 9.17) is 9.84 Å². The van der Waals surface area contributed by atoms with Gasteiger partial charge in [-0.05, 0) is 31.0 Å². The number of aliphatic hydroxyl groups is 4. The van der Waals surface area contributed by atoms with Gasteiger partial charge in [0.2, 0.25) is 5.79 Å². The average molecular weight is 310 g/mol. The second kappa shape index (κ2) is 6.19. The van der Waals surface area contributed by atoms with Crippen molar-refractivity contribution in [2.75, 3.05) is 19.7 Å². The van der Waals surface area contributed by atoms with E-state index in [0.29, 0.717) is 0 Å². The summed E-state index contributed by atoms with van der Waals surface area (Å²) < 4.78 is 5.32. The molecule has 7 nitrogen and oxygen atoms in total. The summed E-state index contributed by atoms with van der Waals surface area (Å²) in [5, 5.41) is 39.6. The third kappa shape index (κ3) is 2.76. The Morgan fingerprint density at radius 3 is 2.86 bits per heavy atom. The third-order valence-corrected chi connectivity index (χ3v) is 4.56. The maximum absolute atomic E-state index is 10.6. The minimum Gasteiger partial charge on any atom is -0.394 e. The summed E-state index contributed by atoms with van der Waals surface area (Å²) in [6.45, 7) is 0.381. The van der Waals surface area contributed by atoms with Gasteiger partial charge in [-0.15, -0.1) is 0 Å². The number of β-amino-alcohol motifs (C(OH)–C–C–N with tert-alkyl or cyclic N) is 1. The highest BCUT2D eigenvalue weighted by atomic mass is 16.7. The lowest BCUT2D eigenvalue weighted by Crippen LogP contribution is -2.51. The van der Waals surface area contributed by atoms with Crippen LogP contribution < -0.4 is 0 Å². The van der Waals surface area contributed by atoms with E-state index in [9.17, 15) is 15.3 Å². The van der Waals surface area contributed by atoms with Crippen molar-refractivity contribution >= 4 is 0 Å². The van der Waals surface area contributed by atoms with Gasteiger partial charge in [0.1, 0.15) is 18.3 Å². The lowest BCUT2D eigenvalue weighted by Gasteiger charge is -2.34. The molecule has 122 valence electrons. The number of rotatable bonds is 4. The van der Waals surface area contributed by atoms with Crippen LogP contribution in [-0.2, 0) is 4.74 Å². The van der Waals surface area contributed by atoms with Crippen molar-refractivity contribution in [1.82, 2.24) is 9.88 Å². The van der Waals surface area contributed by atoms with Crippen molar-refractivity contribution in [3.05, 3.63) is 30.1 Å². The van der Waals surface area contributed by atoms with Gasteiger partial charge in [-0.1, -0.05) is 6.07 Å². The molecule has 0 amide bonds. The van der Waals surface area contributed by atoms with Crippen LogP contribution in [-0.4, -0.2) is 74.1 Å². The number of hydrogen-bond acceptors (Lipinski definition) is 7. The Morgan fingerprint density at radius 1 is 1.41 bits per heavy atom. The highest BCUT2D eigenvalue weighted by molar-refractivity contribution is 5.16. The Morgan fingerprint density at radius 2 is 2.23 bits per heavy atom.